The van der Waals surface area contributed by atoms with Crippen LogP contribution in [-0.2, 0) is 0 Å². The SMILES string of the molecule is O=C(NC1CCN(c2cccc(F)c2)CC1)N1CCC[C@@H]1CO. The first kappa shape index (κ1) is 16.1. The Bertz CT molecular complexity index is 546. The number of amides is 2. The molecule has 23 heavy (non-hydrogen) atoms. The minimum atomic E-state index is -0.220. The van der Waals surface area contributed by atoms with E-state index in [9.17, 15) is 14.3 Å². The lowest BCUT2D eigenvalue weighted by Crippen LogP contribution is -2.51. The van der Waals surface area contributed by atoms with E-state index in [0.29, 0.717) is 0 Å². The summed E-state index contributed by atoms with van der Waals surface area (Å²) in [5, 5.41) is 12.4. The second kappa shape index (κ2) is 7.17. The summed E-state index contributed by atoms with van der Waals surface area (Å²) in [7, 11) is 0. The number of aliphatic hydroxyl groups is 1. The summed E-state index contributed by atoms with van der Waals surface area (Å²) >= 11 is 0. The van der Waals surface area contributed by atoms with Gasteiger partial charge in [0.15, 0.2) is 0 Å². The number of piperidine rings is 1. The molecule has 6 heteroatoms. The number of benzene rings is 1. The van der Waals surface area contributed by atoms with Gasteiger partial charge in [-0.3, -0.25) is 0 Å². The third-order valence-electron chi connectivity index (χ3n) is 4.84. The Kier molecular flexibility index (Phi) is 5.00. The monoisotopic (exact) mass is 321 g/mol. The summed E-state index contributed by atoms with van der Waals surface area (Å²) in [5.74, 6) is -0.220. The van der Waals surface area contributed by atoms with Crippen molar-refractivity contribution in [3.63, 3.8) is 0 Å². The summed E-state index contributed by atoms with van der Waals surface area (Å²) < 4.78 is 13.3. The Hall–Kier alpha value is -1.82. The Morgan fingerprint density at radius 3 is 2.74 bits per heavy atom. The van der Waals surface area contributed by atoms with Crippen molar-refractivity contribution in [2.75, 3.05) is 31.1 Å². The van der Waals surface area contributed by atoms with Gasteiger partial charge in [0.2, 0.25) is 0 Å². The van der Waals surface area contributed by atoms with Crippen LogP contribution >= 0.6 is 0 Å². The summed E-state index contributed by atoms with van der Waals surface area (Å²) in [6.45, 7) is 2.36. The molecule has 2 amide bonds. The summed E-state index contributed by atoms with van der Waals surface area (Å²) in [5.41, 5.74) is 0.898. The predicted molar refractivity (Wildman–Crippen MR) is 87.0 cm³/mol. The Morgan fingerprint density at radius 2 is 2.04 bits per heavy atom. The highest BCUT2D eigenvalue weighted by atomic mass is 19.1. The second-order valence-electron chi connectivity index (χ2n) is 6.36. The van der Waals surface area contributed by atoms with E-state index in [2.05, 4.69) is 10.2 Å². The molecule has 1 aromatic rings. The molecule has 0 spiro atoms. The lowest BCUT2D eigenvalue weighted by atomic mass is 10.0. The van der Waals surface area contributed by atoms with Crippen molar-refractivity contribution >= 4 is 11.7 Å². The number of nitrogens with zero attached hydrogens (tertiary/aromatic N) is 2. The van der Waals surface area contributed by atoms with Crippen LogP contribution in [0.1, 0.15) is 25.7 Å². The van der Waals surface area contributed by atoms with Crippen LogP contribution in [0.5, 0.6) is 0 Å². The minimum absolute atomic E-state index is 0.0332. The fourth-order valence-electron chi connectivity index (χ4n) is 3.51. The molecule has 2 N–H and O–H groups in total. The number of hydrogen-bond donors (Lipinski definition) is 2. The van der Waals surface area contributed by atoms with E-state index in [1.54, 1.807) is 17.0 Å². The Labute approximate surface area is 136 Å². The number of hydrogen-bond acceptors (Lipinski definition) is 3. The zero-order valence-corrected chi connectivity index (χ0v) is 13.2. The number of carbonyl (C=O) groups is 1. The van der Waals surface area contributed by atoms with Crippen LogP contribution in [0.2, 0.25) is 0 Å². The minimum Gasteiger partial charge on any atom is -0.394 e. The van der Waals surface area contributed by atoms with Crippen molar-refractivity contribution in [2.45, 2.75) is 37.8 Å². The fourth-order valence-corrected chi connectivity index (χ4v) is 3.51. The van der Waals surface area contributed by atoms with Gasteiger partial charge in [-0.25, -0.2) is 9.18 Å². The highest BCUT2D eigenvalue weighted by Gasteiger charge is 2.30. The number of aliphatic hydroxyl groups excluding tert-OH is 1. The number of halogens is 1. The Morgan fingerprint density at radius 1 is 1.26 bits per heavy atom. The quantitative estimate of drug-likeness (QED) is 0.895. The van der Waals surface area contributed by atoms with Gasteiger partial charge in [0.1, 0.15) is 5.82 Å². The Balaban J connectivity index is 1.50. The molecule has 2 fully saturated rings. The van der Waals surface area contributed by atoms with Gasteiger partial charge in [-0.05, 0) is 43.9 Å². The van der Waals surface area contributed by atoms with Crippen molar-refractivity contribution in [3.8, 4) is 0 Å². The van der Waals surface area contributed by atoms with Crippen molar-refractivity contribution in [2.24, 2.45) is 0 Å². The van der Waals surface area contributed by atoms with Crippen LogP contribution in [-0.4, -0.2) is 54.4 Å². The maximum Gasteiger partial charge on any atom is 0.317 e. The predicted octanol–water partition coefficient (Wildman–Crippen LogP) is 1.96. The highest BCUT2D eigenvalue weighted by molar-refractivity contribution is 5.75. The average Bonchev–Trinajstić information content (AvgIpc) is 3.04. The molecule has 0 radical (unpaired) electrons. The standard InChI is InChI=1S/C17H24FN3O2/c18-13-3-1-4-15(11-13)20-9-6-14(7-10-20)19-17(23)21-8-2-5-16(21)12-22/h1,3-4,11,14,16,22H,2,5-10,12H2,(H,19,23)/t16-/m1/s1. The highest BCUT2D eigenvalue weighted by Crippen LogP contribution is 2.22. The van der Waals surface area contributed by atoms with E-state index < -0.39 is 0 Å². The molecule has 0 aromatic heterocycles. The molecule has 0 saturated carbocycles. The molecule has 126 valence electrons. The lowest BCUT2D eigenvalue weighted by Gasteiger charge is -2.35. The molecule has 1 aromatic carbocycles. The first-order chi connectivity index (χ1) is 11.2. The van der Waals surface area contributed by atoms with E-state index in [-0.39, 0.29) is 30.5 Å². The lowest BCUT2D eigenvalue weighted by molar-refractivity contribution is 0.153. The zero-order valence-electron chi connectivity index (χ0n) is 13.2. The number of anilines is 1. The van der Waals surface area contributed by atoms with Crippen LogP contribution in [0.25, 0.3) is 0 Å². The number of rotatable bonds is 3. The molecule has 3 rings (SSSR count). The number of urea groups is 1. The van der Waals surface area contributed by atoms with Gasteiger partial charge in [0.05, 0.1) is 12.6 Å². The maximum atomic E-state index is 13.3. The first-order valence-corrected chi connectivity index (χ1v) is 8.36. The molecule has 1 atom stereocenters. The van der Waals surface area contributed by atoms with Crippen molar-refractivity contribution < 1.29 is 14.3 Å². The normalized spacial score (nSPS) is 22.4. The van der Waals surface area contributed by atoms with Gasteiger partial charge in [0, 0.05) is 31.4 Å². The number of likely N-dealkylation sites (tertiary alicyclic amines) is 1. The largest absolute Gasteiger partial charge is 0.394 e. The van der Waals surface area contributed by atoms with Gasteiger partial charge in [0.25, 0.3) is 0 Å². The number of nitrogens with one attached hydrogen (secondary N) is 1. The fraction of sp³-hybridized carbons (Fsp3) is 0.588. The van der Waals surface area contributed by atoms with Crippen molar-refractivity contribution in [1.82, 2.24) is 10.2 Å². The molecule has 2 aliphatic heterocycles. The second-order valence-corrected chi connectivity index (χ2v) is 6.36. The molecular weight excluding hydrogens is 297 g/mol. The smallest absolute Gasteiger partial charge is 0.317 e. The van der Waals surface area contributed by atoms with Crippen LogP contribution in [0.15, 0.2) is 24.3 Å². The van der Waals surface area contributed by atoms with Gasteiger partial charge in [-0.15, -0.1) is 0 Å². The zero-order chi connectivity index (χ0) is 16.2. The van der Waals surface area contributed by atoms with E-state index in [1.165, 1.54) is 6.07 Å². The molecule has 2 aliphatic rings. The van der Waals surface area contributed by atoms with Crippen LogP contribution in [0.4, 0.5) is 14.9 Å². The topological polar surface area (TPSA) is 55.8 Å². The third kappa shape index (κ3) is 3.75. The first-order valence-electron chi connectivity index (χ1n) is 8.36. The summed E-state index contributed by atoms with van der Waals surface area (Å²) in [6, 6.07) is 6.68. The molecule has 0 unspecified atom stereocenters. The average molecular weight is 321 g/mol. The van der Waals surface area contributed by atoms with Gasteiger partial charge in [-0.2, -0.15) is 0 Å². The maximum absolute atomic E-state index is 13.3. The molecule has 0 aliphatic carbocycles. The van der Waals surface area contributed by atoms with Gasteiger partial charge >= 0.3 is 6.03 Å². The summed E-state index contributed by atoms with van der Waals surface area (Å²) in [6.07, 6.45) is 3.53. The number of carbonyl (C=O) groups excluding carboxylic acids is 1. The van der Waals surface area contributed by atoms with E-state index in [4.69, 9.17) is 0 Å². The molecule has 2 saturated heterocycles. The van der Waals surface area contributed by atoms with Gasteiger partial charge in [-0.1, -0.05) is 6.07 Å². The van der Waals surface area contributed by atoms with E-state index in [1.807, 2.05) is 6.07 Å². The van der Waals surface area contributed by atoms with Crippen molar-refractivity contribution in [3.05, 3.63) is 30.1 Å². The molecule has 5 nitrogen and oxygen atoms in total. The van der Waals surface area contributed by atoms with Crippen molar-refractivity contribution in [1.29, 1.82) is 0 Å². The summed E-state index contributed by atoms with van der Waals surface area (Å²) in [4.78, 5) is 16.2. The molecular formula is C17H24FN3O2. The molecule has 2 heterocycles. The van der Waals surface area contributed by atoms with Crippen LogP contribution in [0, 0.1) is 5.82 Å². The molecule has 0 bridgehead atoms. The third-order valence-corrected chi connectivity index (χ3v) is 4.84. The van der Waals surface area contributed by atoms with E-state index in [0.717, 1.165) is 51.0 Å². The van der Waals surface area contributed by atoms with Crippen LogP contribution < -0.4 is 10.2 Å². The van der Waals surface area contributed by atoms with Crippen LogP contribution in [0.3, 0.4) is 0 Å². The van der Waals surface area contributed by atoms with E-state index >= 15 is 0 Å². The van der Waals surface area contributed by atoms with Gasteiger partial charge < -0.3 is 20.2 Å².